The Hall–Kier alpha value is -0.830. The maximum atomic E-state index is 5.80. The third kappa shape index (κ3) is 3.09. The molecule has 0 aromatic carbocycles. The van der Waals surface area contributed by atoms with Crippen LogP contribution >= 0.6 is 11.6 Å². The molecule has 1 aromatic rings. The Kier molecular flexibility index (Phi) is 4.21. The quantitative estimate of drug-likeness (QED) is 0.756. The molecule has 0 N–H and O–H groups in total. The highest BCUT2D eigenvalue weighted by molar-refractivity contribution is 6.17. The summed E-state index contributed by atoms with van der Waals surface area (Å²) in [7, 11) is 0. The van der Waals surface area contributed by atoms with Crippen LogP contribution in [0.25, 0.3) is 0 Å². The fourth-order valence-corrected chi connectivity index (χ4v) is 2.38. The largest absolute Gasteiger partial charge is 0.353 e. The van der Waals surface area contributed by atoms with Crippen molar-refractivity contribution in [2.24, 2.45) is 0 Å². The molecule has 1 fully saturated rings. The molecule has 0 atom stereocenters. The normalized spacial score (nSPS) is 15.7. The highest BCUT2D eigenvalue weighted by atomic mass is 35.5. The van der Waals surface area contributed by atoms with E-state index in [4.69, 9.17) is 11.6 Å². The molecule has 1 heterocycles. The maximum Gasteiger partial charge on any atom is 0.132 e. The van der Waals surface area contributed by atoms with Crippen LogP contribution in [-0.4, -0.2) is 28.4 Å². The van der Waals surface area contributed by atoms with Crippen LogP contribution in [-0.2, 0) is 0 Å². The van der Waals surface area contributed by atoms with Crippen molar-refractivity contribution in [3.8, 4) is 0 Å². The first-order valence-electron chi connectivity index (χ1n) is 6.35. The van der Waals surface area contributed by atoms with Crippen molar-refractivity contribution >= 4 is 17.4 Å². The molecule has 0 bridgehead atoms. The van der Waals surface area contributed by atoms with E-state index in [2.05, 4.69) is 20.9 Å². The van der Waals surface area contributed by atoms with Crippen LogP contribution in [0.3, 0.4) is 0 Å². The van der Waals surface area contributed by atoms with Crippen molar-refractivity contribution in [3.05, 3.63) is 17.6 Å². The van der Waals surface area contributed by atoms with Crippen molar-refractivity contribution in [1.82, 2.24) is 9.97 Å². The number of aryl methyl sites for hydroxylation is 2. The van der Waals surface area contributed by atoms with Crippen molar-refractivity contribution < 1.29 is 0 Å². The van der Waals surface area contributed by atoms with E-state index in [1.54, 1.807) is 0 Å². The highest BCUT2D eigenvalue weighted by Gasteiger charge is 2.25. The van der Waals surface area contributed by atoms with Crippen LogP contribution in [0, 0.1) is 13.8 Å². The van der Waals surface area contributed by atoms with E-state index in [0.717, 1.165) is 30.3 Å². The van der Waals surface area contributed by atoms with Crippen LogP contribution in [0.5, 0.6) is 0 Å². The predicted molar refractivity (Wildman–Crippen MR) is 71.8 cm³/mol. The number of halogens is 1. The van der Waals surface area contributed by atoms with Crippen molar-refractivity contribution in [2.45, 2.75) is 45.6 Å². The number of nitrogens with zero attached hydrogens (tertiary/aromatic N) is 3. The standard InChI is InChI=1S/C13H20ClN3/c1-10-9-13(16-11(2)15-10)17(8-4-7-14)12-5-3-6-12/h9,12H,3-8H2,1-2H3. The summed E-state index contributed by atoms with van der Waals surface area (Å²) < 4.78 is 0. The number of alkyl halides is 1. The van der Waals surface area contributed by atoms with E-state index in [1.165, 1.54) is 19.3 Å². The molecule has 1 aliphatic carbocycles. The zero-order valence-electron chi connectivity index (χ0n) is 10.6. The number of anilines is 1. The molecule has 17 heavy (non-hydrogen) atoms. The van der Waals surface area contributed by atoms with Gasteiger partial charge in [-0.05, 0) is 39.5 Å². The summed E-state index contributed by atoms with van der Waals surface area (Å²) in [5, 5.41) is 0. The molecular formula is C13H20ClN3. The van der Waals surface area contributed by atoms with E-state index in [9.17, 15) is 0 Å². The Morgan fingerprint density at radius 3 is 2.65 bits per heavy atom. The lowest BCUT2D eigenvalue weighted by Crippen LogP contribution is -2.41. The molecule has 0 unspecified atom stereocenters. The second-order valence-corrected chi connectivity index (χ2v) is 5.11. The molecule has 4 heteroatoms. The molecule has 94 valence electrons. The topological polar surface area (TPSA) is 29.0 Å². The molecule has 0 radical (unpaired) electrons. The first-order valence-corrected chi connectivity index (χ1v) is 6.89. The SMILES string of the molecule is Cc1cc(N(CCCCl)C2CCC2)nc(C)n1. The molecule has 1 saturated carbocycles. The molecule has 1 aliphatic rings. The Morgan fingerprint density at radius 2 is 2.12 bits per heavy atom. The van der Waals surface area contributed by atoms with Gasteiger partial charge >= 0.3 is 0 Å². The molecule has 0 spiro atoms. The highest BCUT2D eigenvalue weighted by Crippen LogP contribution is 2.29. The van der Waals surface area contributed by atoms with Gasteiger partial charge in [0.2, 0.25) is 0 Å². The fourth-order valence-electron chi connectivity index (χ4n) is 2.26. The average molecular weight is 254 g/mol. The first kappa shape index (κ1) is 12.6. The minimum absolute atomic E-state index is 0.659. The summed E-state index contributed by atoms with van der Waals surface area (Å²) in [6, 6.07) is 2.74. The van der Waals surface area contributed by atoms with Crippen LogP contribution < -0.4 is 4.90 Å². The van der Waals surface area contributed by atoms with E-state index < -0.39 is 0 Å². The van der Waals surface area contributed by atoms with Gasteiger partial charge in [-0.1, -0.05) is 0 Å². The Bertz CT molecular complexity index is 357. The zero-order chi connectivity index (χ0) is 12.3. The third-order valence-electron chi connectivity index (χ3n) is 3.29. The van der Waals surface area contributed by atoms with Crippen LogP contribution in [0.4, 0.5) is 5.82 Å². The van der Waals surface area contributed by atoms with Crippen molar-refractivity contribution in [1.29, 1.82) is 0 Å². The predicted octanol–water partition coefficient (Wildman–Crippen LogP) is 3.08. The first-order chi connectivity index (χ1) is 8.20. The second-order valence-electron chi connectivity index (χ2n) is 4.74. The Morgan fingerprint density at radius 1 is 1.35 bits per heavy atom. The second kappa shape index (κ2) is 5.67. The minimum atomic E-state index is 0.659. The number of aromatic nitrogens is 2. The summed E-state index contributed by atoms with van der Waals surface area (Å²) in [6.07, 6.45) is 4.92. The molecule has 0 amide bonds. The lowest BCUT2D eigenvalue weighted by Gasteiger charge is -2.38. The maximum absolute atomic E-state index is 5.80. The third-order valence-corrected chi connectivity index (χ3v) is 3.56. The summed E-state index contributed by atoms with van der Waals surface area (Å²) in [4.78, 5) is 11.3. The average Bonchev–Trinajstić information content (AvgIpc) is 2.19. The number of hydrogen-bond donors (Lipinski definition) is 0. The van der Waals surface area contributed by atoms with Gasteiger partial charge in [0.1, 0.15) is 11.6 Å². The van der Waals surface area contributed by atoms with E-state index >= 15 is 0 Å². The molecule has 3 nitrogen and oxygen atoms in total. The number of rotatable bonds is 5. The summed E-state index contributed by atoms with van der Waals surface area (Å²) >= 11 is 5.80. The van der Waals surface area contributed by atoms with Gasteiger partial charge in [-0.15, -0.1) is 11.6 Å². The molecule has 2 rings (SSSR count). The van der Waals surface area contributed by atoms with Gasteiger partial charge in [0, 0.05) is 30.2 Å². The molecule has 0 saturated heterocycles. The van der Waals surface area contributed by atoms with Crippen molar-refractivity contribution in [2.75, 3.05) is 17.3 Å². The van der Waals surface area contributed by atoms with Crippen LogP contribution in [0.1, 0.15) is 37.2 Å². The Labute approximate surface area is 108 Å². The van der Waals surface area contributed by atoms with Gasteiger partial charge < -0.3 is 4.90 Å². The van der Waals surface area contributed by atoms with Gasteiger partial charge in [-0.25, -0.2) is 9.97 Å². The van der Waals surface area contributed by atoms with Crippen LogP contribution in [0.15, 0.2) is 6.07 Å². The molecular weight excluding hydrogens is 234 g/mol. The summed E-state index contributed by atoms with van der Waals surface area (Å²) in [5.74, 6) is 2.65. The van der Waals surface area contributed by atoms with Gasteiger partial charge in [-0.3, -0.25) is 0 Å². The van der Waals surface area contributed by atoms with E-state index in [-0.39, 0.29) is 0 Å². The monoisotopic (exact) mass is 253 g/mol. The van der Waals surface area contributed by atoms with Crippen molar-refractivity contribution in [3.63, 3.8) is 0 Å². The zero-order valence-corrected chi connectivity index (χ0v) is 11.4. The van der Waals surface area contributed by atoms with Gasteiger partial charge in [-0.2, -0.15) is 0 Å². The Balaban J connectivity index is 2.17. The lowest BCUT2D eigenvalue weighted by molar-refractivity contribution is 0.383. The summed E-state index contributed by atoms with van der Waals surface area (Å²) in [6.45, 7) is 4.99. The lowest BCUT2D eigenvalue weighted by atomic mass is 9.91. The smallest absolute Gasteiger partial charge is 0.132 e. The van der Waals surface area contributed by atoms with E-state index in [0.29, 0.717) is 11.9 Å². The van der Waals surface area contributed by atoms with Gasteiger partial charge in [0.25, 0.3) is 0 Å². The fraction of sp³-hybridized carbons (Fsp3) is 0.692. The number of hydrogen-bond acceptors (Lipinski definition) is 3. The summed E-state index contributed by atoms with van der Waals surface area (Å²) in [5.41, 5.74) is 1.04. The van der Waals surface area contributed by atoms with E-state index in [1.807, 2.05) is 13.8 Å². The van der Waals surface area contributed by atoms with Gasteiger partial charge in [0.15, 0.2) is 0 Å². The minimum Gasteiger partial charge on any atom is -0.353 e. The van der Waals surface area contributed by atoms with Gasteiger partial charge in [0.05, 0.1) is 0 Å². The molecule has 1 aromatic heterocycles. The van der Waals surface area contributed by atoms with Crippen LogP contribution in [0.2, 0.25) is 0 Å². The molecule has 0 aliphatic heterocycles.